The zero-order chi connectivity index (χ0) is 14.8. The minimum Gasteiger partial charge on any atom is -0.352 e. The summed E-state index contributed by atoms with van der Waals surface area (Å²) in [7, 11) is 0. The molecule has 3 aliphatic rings. The van der Waals surface area contributed by atoms with Crippen molar-refractivity contribution in [2.45, 2.75) is 45.6 Å². The summed E-state index contributed by atoms with van der Waals surface area (Å²) in [5, 5.41) is 6.80. The second-order valence-electron chi connectivity index (χ2n) is 7.64. The summed E-state index contributed by atoms with van der Waals surface area (Å²) in [6, 6.07) is 0.395. The first-order chi connectivity index (χ1) is 10.1. The van der Waals surface area contributed by atoms with E-state index in [1.54, 1.807) is 0 Å². The number of hydrogen-bond acceptors (Lipinski definition) is 3. The van der Waals surface area contributed by atoms with Crippen LogP contribution in [0.3, 0.4) is 0 Å². The Bertz CT molecular complexity index is 373. The molecule has 0 spiro atoms. The first-order valence-electron chi connectivity index (χ1n) is 8.86. The van der Waals surface area contributed by atoms with E-state index in [0.29, 0.717) is 18.5 Å². The molecule has 4 nitrogen and oxygen atoms in total. The number of piperidine rings is 1. The van der Waals surface area contributed by atoms with Crippen molar-refractivity contribution < 1.29 is 4.79 Å². The predicted molar refractivity (Wildman–Crippen MR) is 85.0 cm³/mol. The average molecular weight is 293 g/mol. The van der Waals surface area contributed by atoms with Crippen LogP contribution < -0.4 is 10.6 Å². The summed E-state index contributed by atoms with van der Waals surface area (Å²) in [4.78, 5) is 14.7. The van der Waals surface area contributed by atoms with Crippen molar-refractivity contribution in [2.24, 2.45) is 23.7 Å². The number of carbonyl (C=O) groups excluding carboxylic acids is 1. The van der Waals surface area contributed by atoms with Gasteiger partial charge in [-0.25, -0.2) is 0 Å². The molecule has 0 aromatic carbocycles. The topological polar surface area (TPSA) is 44.4 Å². The molecule has 0 radical (unpaired) electrons. The van der Waals surface area contributed by atoms with Crippen LogP contribution in [-0.2, 0) is 4.79 Å². The second-order valence-corrected chi connectivity index (χ2v) is 7.64. The van der Waals surface area contributed by atoms with Crippen LogP contribution in [-0.4, -0.2) is 49.6 Å². The summed E-state index contributed by atoms with van der Waals surface area (Å²) in [5.74, 6) is 3.21. The zero-order valence-electron chi connectivity index (χ0n) is 13.6. The molecule has 120 valence electrons. The standard InChI is InChI=1S/C17H31N3O/c1-12-4-3-5-16(13(12)2)19-17(21)11-20-7-6-14-8-18-9-15(14)10-20/h12-16,18H,3-11H2,1-2H3,(H,19,21). The van der Waals surface area contributed by atoms with Crippen molar-refractivity contribution in [3.63, 3.8) is 0 Å². The molecule has 1 amide bonds. The maximum Gasteiger partial charge on any atom is 0.234 e. The largest absolute Gasteiger partial charge is 0.352 e. The summed E-state index contributed by atoms with van der Waals surface area (Å²) < 4.78 is 0. The summed E-state index contributed by atoms with van der Waals surface area (Å²) >= 11 is 0. The van der Waals surface area contributed by atoms with E-state index >= 15 is 0 Å². The summed E-state index contributed by atoms with van der Waals surface area (Å²) in [6.07, 6.45) is 4.99. The second kappa shape index (κ2) is 6.66. The molecule has 3 fully saturated rings. The van der Waals surface area contributed by atoms with E-state index < -0.39 is 0 Å². The third-order valence-electron chi connectivity index (χ3n) is 6.21. The van der Waals surface area contributed by atoms with Crippen molar-refractivity contribution in [3.05, 3.63) is 0 Å². The molecule has 0 bridgehead atoms. The third kappa shape index (κ3) is 3.59. The summed E-state index contributed by atoms with van der Waals surface area (Å²) in [6.45, 7) is 9.73. The minimum absolute atomic E-state index is 0.241. The number of carbonyl (C=O) groups is 1. The minimum atomic E-state index is 0.241. The molecule has 2 saturated heterocycles. The van der Waals surface area contributed by atoms with Crippen LogP contribution in [0.25, 0.3) is 0 Å². The van der Waals surface area contributed by atoms with Gasteiger partial charge in [-0.2, -0.15) is 0 Å². The van der Waals surface area contributed by atoms with Crippen LogP contribution in [0, 0.1) is 23.7 Å². The Hall–Kier alpha value is -0.610. The lowest BCUT2D eigenvalue weighted by Crippen LogP contribution is -2.49. The van der Waals surface area contributed by atoms with E-state index in [-0.39, 0.29) is 5.91 Å². The van der Waals surface area contributed by atoms with Crippen molar-refractivity contribution in [1.82, 2.24) is 15.5 Å². The van der Waals surface area contributed by atoms with Crippen LogP contribution in [0.5, 0.6) is 0 Å². The lowest BCUT2D eigenvalue weighted by molar-refractivity contribution is -0.124. The van der Waals surface area contributed by atoms with Crippen LogP contribution in [0.4, 0.5) is 0 Å². The molecule has 21 heavy (non-hydrogen) atoms. The van der Waals surface area contributed by atoms with Gasteiger partial charge in [0.2, 0.25) is 5.91 Å². The van der Waals surface area contributed by atoms with Crippen LogP contribution in [0.2, 0.25) is 0 Å². The molecule has 4 heteroatoms. The average Bonchev–Trinajstić information content (AvgIpc) is 2.91. The van der Waals surface area contributed by atoms with Gasteiger partial charge in [-0.3, -0.25) is 9.69 Å². The lowest BCUT2D eigenvalue weighted by atomic mass is 9.78. The van der Waals surface area contributed by atoms with Gasteiger partial charge in [0.15, 0.2) is 0 Å². The number of nitrogens with zero attached hydrogens (tertiary/aromatic N) is 1. The maximum atomic E-state index is 12.4. The van der Waals surface area contributed by atoms with Gasteiger partial charge in [-0.15, -0.1) is 0 Å². The van der Waals surface area contributed by atoms with Crippen LogP contribution in [0.15, 0.2) is 0 Å². The maximum absolute atomic E-state index is 12.4. The van der Waals surface area contributed by atoms with Gasteiger partial charge in [-0.1, -0.05) is 26.7 Å². The van der Waals surface area contributed by atoms with Gasteiger partial charge < -0.3 is 10.6 Å². The van der Waals surface area contributed by atoms with Crippen molar-refractivity contribution in [2.75, 3.05) is 32.7 Å². The molecular formula is C17H31N3O. The predicted octanol–water partition coefficient (Wildman–Crippen LogP) is 1.47. The molecule has 5 unspecified atom stereocenters. The molecule has 5 atom stereocenters. The van der Waals surface area contributed by atoms with Gasteiger partial charge in [0, 0.05) is 12.6 Å². The van der Waals surface area contributed by atoms with Crippen LogP contribution in [0.1, 0.15) is 39.5 Å². The van der Waals surface area contributed by atoms with E-state index in [9.17, 15) is 4.79 Å². The van der Waals surface area contributed by atoms with Crippen molar-refractivity contribution in [1.29, 1.82) is 0 Å². The van der Waals surface area contributed by atoms with Crippen molar-refractivity contribution >= 4 is 5.91 Å². The van der Waals surface area contributed by atoms with E-state index in [0.717, 1.165) is 43.8 Å². The van der Waals surface area contributed by atoms with E-state index in [4.69, 9.17) is 0 Å². The highest BCUT2D eigenvalue weighted by Crippen LogP contribution is 2.29. The third-order valence-corrected chi connectivity index (χ3v) is 6.21. The molecule has 2 aliphatic heterocycles. The SMILES string of the molecule is CC1CCCC(NC(=O)CN2CCC3CNCC3C2)C1C. The lowest BCUT2D eigenvalue weighted by Gasteiger charge is -2.36. The molecule has 3 rings (SSSR count). The highest BCUT2D eigenvalue weighted by molar-refractivity contribution is 5.78. The number of nitrogens with one attached hydrogen (secondary N) is 2. The van der Waals surface area contributed by atoms with Crippen molar-refractivity contribution in [3.8, 4) is 0 Å². The number of amides is 1. The van der Waals surface area contributed by atoms with Gasteiger partial charge in [0.25, 0.3) is 0 Å². The Kier molecular flexibility index (Phi) is 4.85. The van der Waals surface area contributed by atoms with Gasteiger partial charge in [0.05, 0.1) is 6.54 Å². The molecule has 2 heterocycles. The highest BCUT2D eigenvalue weighted by Gasteiger charge is 2.34. The number of fused-ring (bicyclic) bond motifs is 1. The molecule has 0 aromatic heterocycles. The van der Waals surface area contributed by atoms with Gasteiger partial charge in [-0.05, 0) is 56.1 Å². The monoisotopic (exact) mass is 293 g/mol. The molecule has 1 saturated carbocycles. The quantitative estimate of drug-likeness (QED) is 0.828. The van der Waals surface area contributed by atoms with Gasteiger partial charge >= 0.3 is 0 Å². The Morgan fingerprint density at radius 1 is 1.19 bits per heavy atom. The Balaban J connectivity index is 1.45. The van der Waals surface area contributed by atoms with E-state index in [1.807, 2.05) is 0 Å². The Morgan fingerprint density at radius 3 is 2.86 bits per heavy atom. The first-order valence-corrected chi connectivity index (χ1v) is 8.86. The fourth-order valence-electron chi connectivity index (χ4n) is 4.50. The Morgan fingerprint density at radius 2 is 2.00 bits per heavy atom. The zero-order valence-corrected chi connectivity index (χ0v) is 13.6. The molecule has 2 N–H and O–H groups in total. The number of hydrogen-bond donors (Lipinski definition) is 2. The van der Waals surface area contributed by atoms with Crippen LogP contribution >= 0.6 is 0 Å². The highest BCUT2D eigenvalue weighted by atomic mass is 16.2. The number of likely N-dealkylation sites (tertiary alicyclic amines) is 1. The van der Waals surface area contributed by atoms with E-state index in [2.05, 4.69) is 29.4 Å². The smallest absolute Gasteiger partial charge is 0.234 e. The molecule has 0 aromatic rings. The number of rotatable bonds is 3. The normalized spacial score (nSPS) is 40.8. The van der Waals surface area contributed by atoms with E-state index in [1.165, 1.54) is 25.8 Å². The fraction of sp³-hybridized carbons (Fsp3) is 0.941. The van der Waals surface area contributed by atoms with Gasteiger partial charge in [0.1, 0.15) is 0 Å². The molecule has 1 aliphatic carbocycles. The Labute approximate surface area is 129 Å². The first kappa shape index (κ1) is 15.3. The summed E-state index contributed by atoms with van der Waals surface area (Å²) in [5.41, 5.74) is 0. The molecular weight excluding hydrogens is 262 g/mol. The fourth-order valence-corrected chi connectivity index (χ4v) is 4.50.